The summed E-state index contributed by atoms with van der Waals surface area (Å²) in [5, 5.41) is 6.93. The molecule has 0 spiro atoms. The number of aryl methyl sites for hydroxylation is 1. The van der Waals surface area contributed by atoms with Crippen molar-refractivity contribution in [2.24, 2.45) is 7.05 Å². The number of amides is 1. The summed E-state index contributed by atoms with van der Waals surface area (Å²) in [7, 11) is 1.71. The molecule has 5 rings (SSSR count). The van der Waals surface area contributed by atoms with E-state index in [4.69, 9.17) is 14.2 Å². The van der Waals surface area contributed by atoms with Crippen LogP contribution in [0.4, 0.5) is 5.69 Å². The SMILES string of the molecule is CC(=O)Nc1ccc(Oc2cccc(OCCOC3CCNCC3)c2)c(-c2cn(C)c(=O)c3[nH]ccc23)c1. The molecule has 4 aromatic rings. The van der Waals surface area contributed by atoms with Gasteiger partial charge in [0.2, 0.25) is 5.91 Å². The van der Waals surface area contributed by atoms with Crippen LogP contribution < -0.4 is 25.7 Å². The smallest absolute Gasteiger partial charge is 0.274 e. The summed E-state index contributed by atoms with van der Waals surface area (Å²) in [5.74, 6) is 1.69. The second-order valence-corrected chi connectivity index (χ2v) is 9.36. The molecule has 1 amide bonds. The molecule has 3 N–H and O–H groups in total. The van der Waals surface area contributed by atoms with Gasteiger partial charge in [0.1, 0.15) is 29.4 Å². The molecular formula is C29H32N4O5. The minimum absolute atomic E-state index is 0.122. The maximum absolute atomic E-state index is 12.6. The summed E-state index contributed by atoms with van der Waals surface area (Å²) >= 11 is 0. The third kappa shape index (κ3) is 5.90. The molecule has 0 saturated carbocycles. The maximum atomic E-state index is 12.6. The molecule has 0 radical (unpaired) electrons. The minimum atomic E-state index is -0.175. The number of nitrogens with one attached hydrogen (secondary N) is 3. The predicted octanol–water partition coefficient (Wildman–Crippen LogP) is 4.43. The largest absolute Gasteiger partial charge is 0.491 e. The molecule has 2 aromatic heterocycles. The number of fused-ring (bicyclic) bond motifs is 1. The maximum Gasteiger partial charge on any atom is 0.274 e. The number of benzene rings is 2. The highest BCUT2D eigenvalue weighted by atomic mass is 16.5. The first kappa shape index (κ1) is 25.6. The predicted molar refractivity (Wildman–Crippen MR) is 147 cm³/mol. The van der Waals surface area contributed by atoms with E-state index in [-0.39, 0.29) is 17.6 Å². The van der Waals surface area contributed by atoms with Crippen LogP contribution in [-0.2, 0) is 16.6 Å². The molecule has 3 heterocycles. The van der Waals surface area contributed by atoms with E-state index in [1.165, 1.54) is 11.5 Å². The zero-order chi connectivity index (χ0) is 26.5. The van der Waals surface area contributed by atoms with Crippen LogP contribution in [0.1, 0.15) is 19.8 Å². The van der Waals surface area contributed by atoms with Gasteiger partial charge >= 0.3 is 0 Å². The molecule has 2 aromatic carbocycles. The van der Waals surface area contributed by atoms with Crippen LogP contribution in [0, 0.1) is 0 Å². The van der Waals surface area contributed by atoms with E-state index in [9.17, 15) is 9.59 Å². The fourth-order valence-corrected chi connectivity index (χ4v) is 4.68. The van der Waals surface area contributed by atoms with E-state index in [1.54, 1.807) is 25.5 Å². The number of aromatic nitrogens is 2. The van der Waals surface area contributed by atoms with E-state index in [0.717, 1.165) is 42.4 Å². The molecule has 0 unspecified atom stereocenters. The van der Waals surface area contributed by atoms with Gasteiger partial charge in [-0.2, -0.15) is 0 Å². The number of carbonyl (C=O) groups is 1. The first-order valence-electron chi connectivity index (χ1n) is 12.8. The molecular weight excluding hydrogens is 484 g/mol. The van der Waals surface area contributed by atoms with Crippen LogP contribution in [0.5, 0.6) is 17.2 Å². The van der Waals surface area contributed by atoms with Crippen molar-refractivity contribution in [3.8, 4) is 28.4 Å². The first-order chi connectivity index (χ1) is 18.5. The van der Waals surface area contributed by atoms with Crippen LogP contribution in [0.3, 0.4) is 0 Å². The van der Waals surface area contributed by atoms with Crippen LogP contribution in [0.15, 0.2) is 65.7 Å². The Bertz CT molecular complexity index is 1490. The van der Waals surface area contributed by atoms with Crippen molar-refractivity contribution >= 4 is 22.5 Å². The summed E-state index contributed by atoms with van der Waals surface area (Å²) < 4.78 is 19.7. The number of piperidine rings is 1. The highest BCUT2D eigenvalue weighted by Crippen LogP contribution is 2.38. The third-order valence-electron chi connectivity index (χ3n) is 6.51. The Balaban J connectivity index is 1.38. The van der Waals surface area contributed by atoms with E-state index in [1.807, 2.05) is 42.5 Å². The molecule has 1 aliphatic rings. The quantitative estimate of drug-likeness (QED) is 0.284. The van der Waals surface area contributed by atoms with Crippen molar-refractivity contribution in [3.05, 3.63) is 71.3 Å². The molecule has 38 heavy (non-hydrogen) atoms. The van der Waals surface area contributed by atoms with Crippen LogP contribution in [0.25, 0.3) is 22.0 Å². The number of carbonyl (C=O) groups excluding carboxylic acids is 1. The fourth-order valence-electron chi connectivity index (χ4n) is 4.68. The van der Waals surface area contributed by atoms with Gasteiger partial charge in [-0.15, -0.1) is 0 Å². The minimum Gasteiger partial charge on any atom is -0.491 e. The van der Waals surface area contributed by atoms with Gasteiger partial charge in [0.15, 0.2) is 0 Å². The van der Waals surface area contributed by atoms with Gasteiger partial charge in [-0.3, -0.25) is 9.59 Å². The zero-order valence-corrected chi connectivity index (χ0v) is 21.6. The number of nitrogens with zero attached hydrogens (tertiary/aromatic N) is 1. The molecule has 0 atom stereocenters. The highest BCUT2D eigenvalue weighted by Gasteiger charge is 2.17. The van der Waals surface area contributed by atoms with Crippen LogP contribution >= 0.6 is 0 Å². The Morgan fingerprint density at radius 2 is 1.87 bits per heavy atom. The van der Waals surface area contributed by atoms with Gasteiger partial charge in [-0.05, 0) is 62.3 Å². The van der Waals surface area contributed by atoms with Gasteiger partial charge in [-0.1, -0.05) is 6.07 Å². The molecule has 0 bridgehead atoms. The summed E-state index contributed by atoms with van der Waals surface area (Å²) in [6.45, 7) is 4.43. The number of pyridine rings is 1. The lowest BCUT2D eigenvalue weighted by Gasteiger charge is -2.22. The molecule has 1 fully saturated rings. The zero-order valence-electron chi connectivity index (χ0n) is 21.6. The lowest BCUT2D eigenvalue weighted by molar-refractivity contribution is -0.114. The van der Waals surface area contributed by atoms with Crippen molar-refractivity contribution in [3.63, 3.8) is 0 Å². The average molecular weight is 517 g/mol. The summed E-state index contributed by atoms with van der Waals surface area (Å²) in [5.41, 5.74) is 2.54. The van der Waals surface area contributed by atoms with Crippen LogP contribution in [-0.4, -0.2) is 47.9 Å². The average Bonchev–Trinajstić information content (AvgIpc) is 3.41. The third-order valence-corrected chi connectivity index (χ3v) is 6.51. The topological polar surface area (TPSA) is 107 Å². The first-order valence-corrected chi connectivity index (χ1v) is 12.8. The number of aromatic amines is 1. The van der Waals surface area contributed by atoms with Crippen molar-refractivity contribution in [1.29, 1.82) is 0 Å². The Labute approximate surface area is 220 Å². The Morgan fingerprint density at radius 3 is 2.68 bits per heavy atom. The molecule has 198 valence electrons. The number of hydrogen-bond acceptors (Lipinski definition) is 6. The van der Waals surface area contributed by atoms with Crippen molar-refractivity contribution in [2.75, 3.05) is 31.6 Å². The molecule has 1 saturated heterocycles. The van der Waals surface area contributed by atoms with Crippen molar-refractivity contribution in [1.82, 2.24) is 14.9 Å². The number of H-pyrrole nitrogens is 1. The lowest BCUT2D eigenvalue weighted by Crippen LogP contribution is -2.33. The molecule has 1 aliphatic heterocycles. The molecule has 0 aliphatic carbocycles. The van der Waals surface area contributed by atoms with E-state index in [0.29, 0.717) is 41.7 Å². The van der Waals surface area contributed by atoms with E-state index < -0.39 is 0 Å². The van der Waals surface area contributed by atoms with E-state index >= 15 is 0 Å². The fraction of sp³-hybridized carbons (Fsp3) is 0.310. The van der Waals surface area contributed by atoms with Gasteiger partial charge in [0.05, 0.1) is 12.7 Å². The van der Waals surface area contributed by atoms with Crippen LogP contribution in [0.2, 0.25) is 0 Å². The van der Waals surface area contributed by atoms with Crippen molar-refractivity contribution in [2.45, 2.75) is 25.9 Å². The normalized spacial score (nSPS) is 13.9. The molecule has 9 heteroatoms. The monoisotopic (exact) mass is 516 g/mol. The van der Waals surface area contributed by atoms with Gasteiger partial charge in [0, 0.05) is 54.6 Å². The highest BCUT2D eigenvalue weighted by molar-refractivity contribution is 5.97. The summed E-state index contributed by atoms with van der Waals surface area (Å²) in [6, 6.07) is 14.8. The Hall–Kier alpha value is -4.08. The number of anilines is 1. The lowest BCUT2D eigenvalue weighted by atomic mass is 10.0. The van der Waals surface area contributed by atoms with Gasteiger partial charge in [0.25, 0.3) is 5.56 Å². The van der Waals surface area contributed by atoms with E-state index in [2.05, 4.69) is 15.6 Å². The second kappa shape index (κ2) is 11.5. The summed E-state index contributed by atoms with van der Waals surface area (Å²) in [4.78, 5) is 27.4. The molecule has 9 nitrogen and oxygen atoms in total. The second-order valence-electron chi connectivity index (χ2n) is 9.36. The number of ether oxygens (including phenoxy) is 3. The number of hydrogen-bond donors (Lipinski definition) is 3. The standard InChI is InChI=1S/C29H32N4O5/c1-19(34)32-20-6-7-27(25(16-20)26-18-33(2)29(35)28-24(26)10-13-31-28)38-23-5-3-4-22(17-23)37-15-14-36-21-8-11-30-12-9-21/h3-7,10,13,16-18,21,30-31H,8-9,11-12,14-15H2,1-2H3,(H,32,34). The van der Waals surface area contributed by atoms with Crippen molar-refractivity contribution < 1.29 is 19.0 Å². The Morgan fingerprint density at radius 1 is 1.05 bits per heavy atom. The Kier molecular flexibility index (Phi) is 7.76. The van der Waals surface area contributed by atoms with Gasteiger partial charge in [-0.25, -0.2) is 0 Å². The number of rotatable bonds is 9. The van der Waals surface area contributed by atoms with Gasteiger partial charge < -0.3 is 34.4 Å². The summed E-state index contributed by atoms with van der Waals surface area (Å²) in [6.07, 6.45) is 5.86.